The SMILES string of the molecule is Cc1nc(-c2ccc3c(c2)NC(=O)CCO3)c(N)s1. The van der Waals surface area contributed by atoms with Crippen molar-refractivity contribution in [2.45, 2.75) is 13.3 Å². The minimum Gasteiger partial charge on any atom is -0.491 e. The quantitative estimate of drug-likeness (QED) is 0.838. The van der Waals surface area contributed by atoms with Gasteiger partial charge < -0.3 is 15.8 Å². The summed E-state index contributed by atoms with van der Waals surface area (Å²) in [4.78, 5) is 15.9. The Morgan fingerprint density at radius 2 is 2.32 bits per heavy atom. The molecule has 6 heteroatoms. The molecule has 0 unspecified atom stereocenters. The molecule has 1 aromatic heterocycles. The van der Waals surface area contributed by atoms with Crippen LogP contribution >= 0.6 is 11.3 Å². The van der Waals surface area contributed by atoms with E-state index in [9.17, 15) is 4.79 Å². The fourth-order valence-electron chi connectivity index (χ4n) is 2.02. The first-order valence-corrected chi connectivity index (χ1v) is 6.75. The highest BCUT2D eigenvalue weighted by Gasteiger charge is 2.16. The molecule has 2 aromatic rings. The van der Waals surface area contributed by atoms with Gasteiger partial charge in [-0.2, -0.15) is 0 Å². The third kappa shape index (κ3) is 2.26. The smallest absolute Gasteiger partial charge is 0.227 e. The van der Waals surface area contributed by atoms with Crippen molar-refractivity contribution in [1.29, 1.82) is 0 Å². The van der Waals surface area contributed by atoms with Gasteiger partial charge in [-0.05, 0) is 25.1 Å². The van der Waals surface area contributed by atoms with Crippen LogP contribution < -0.4 is 15.8 Å². The molecule has 0 atom stereocenters. The van der Waals surface area contributed by atoms with Crippen molar-refractivity contribution < 1.29 is 9.53 Å². The van der Waals surface area contributed by atoms with E-state index in [1.165, 1.54) is 11.3 Å². The summed E-state index contributed by atoms with van der Waals surface area (Å²) in [6.07, 6.45) is 0.363. The standard InChI is InChI=1S/C13H13N3O2S/c1-7-15-12(13(14)19-7)8-2-3-10-9(6-8)16-11(17)4-5-18-10/h2-3,6H,4-5,14H2,1H3,(H,16,17). The maximum absolute atomic E-state index is 11.5. The van der Waals surface area contributed by atoms with Crippen molar-refractivity contribution >= 4 is 27.9 Å². The number of benzene rings is 1. The first-order chi connectivity index (χ1) is 9.13. The molecule has 1 aromatic carbocycles. The highest BCUT2D eigenvalue weighted by molar-refractivity contribution is 7.16. The lowest BCUT2D eigenvalue weighted by Crippen LogP contribution is -2.10. The molecule has 0 radical (unpaired) electrons. The van der Waals surface area contributed by atoms with Crippen molar-refractivity contribution in [3.63, 3.8) is 0 Å². The van der Waals surface area contributed by atoms with Crippen LogP contribution in [0.5, 0.6) is 5.75 Å². The first kappa shape index (κ1) is 12.0. The van der Waals surface area contributed by atoms with Gasteiger partial charge in [-0.3, -0.25) is 4.79 Å². The summed E-state index contributed by atoms with van der Waals surface area (Å²) in [7, 11) is 0. The normalized spacial score (nSPS) is 14.3. The van der Waals surface area contributed by atoms with Gasteiger partial charge in [0.1, 0.15) is 16.4 Å². The first-order valence-electron chi connectivity index (χ1n) is 5.93. The molecule has 3 rings (SSSR count). The Balaban J connectivity index is 2.05. The fraction of sp³-hybridized carbons (Fsp3) is 0.231. The zero-order valence-corrected chi connectivity index (χ0v) is 11.2. The lowest BCUT2D eigenvalue weighted by Gasteiger charge is -2.08. The Hall–Kier alpha value is -2.08. The molecule has 1 aliphatic rings. The Kier molecular flexibility index (Phi) is 2.87. The molecule has 3 N–H and O–H groups in total. The van der Waals surface area contributed by atoms with Gasteiger partial charge in [-0.15, -0.1) is 11.3 Å². The zero-order valence-electron chi connectivity index (χ0n) is 10.4. The number of ether oxygens (including phenoxy) is 1. The lowest BCUT2D eigenvalue weighted by molar-refractivity contribution is -0.116. The molecule has 1 amide bonds. The van der Waals surface area contributed by atoms with Crippen LogP contribution in [-0.2, 0) is 4.79 Å². The average Bonchev–Trinajstić information content (AvgIpc) is 2.59. The zero-order chi connectivity index (χ0) is 13.4. The van der Waals surface area contributed by atoms with Crippen LogP contribution in [0.4, 0.5) is 10.7 Å². The number of thiazole rings is 1. The van der Waals surface area contributed by atoms with E-state index >= 15 is 0 Å². The summed E-state index contributed by atoms with van der Waals surface area (Å²) in [6, 6.07) is 5.59. The number of aromatic nitrogens is 1. The van der Waals surface area contributed by atoms with Gasteiger partial charge in [0.2, 0.25) is 5.91 Å². The van der Waals surface area contributed by atoms with Crippen LogP contribution in [0.3, 0.4) is 0 Å². The van der Waals surface area contributed by atoms with Crippen LogP contribution in [0.1, 0.15) is 11.4 Å². The average molecular weight is 275 g/mol. The van der Waals surface area contributed by atoms with Gasteiger partial charge in [0.15, 0.2) is 0 Å². The maximum atomic E-state index is 11.5. The Morgan fingerprint density at radius 3 is 3.05 bits per heavy atom. The number of hydrogen-bond acceptors (Lipinski definition) is 5. The maximum Gasteiger partial charge on any atom is 0.227 e. The van der Waals surface area contributed by atoms with Gasteiger partial charge in [0.25, 0.3) is 0 Å². The van der Waals surface area contributed by atoms with E-state index in [2.05, 4.69) is 10.3 Å². The van der Waals surface area contributed by atoms with Gasteiger partial charge in [0, 0.05) is 5.56 Å². The number of anilines is 2. The van der Waals surface area contributed by atoms with E-state index in [1.807, 2.05) is 25.1 Å². The monoisotopic (exact) mass is 275 g/mol. The van der Waals surface area contributed by atoms with Crippen molar-refractivity contribution in [1.82, 2.24) is 4.98 Å². The molecular formula is C13H13N3O2S. The number of rotatable bonds is 1. The third-order valence-electron chi connectivity index (χ3n) is 2.87. The second kappa shape index (κ2) is 4.55. The molecule has 1 aliphatic heterocycles. The Morgan fingerprint density at radius 1 is 1.47 bits per heavy atom. The second-order valence-electron chi connectivity index (χ2n) is 4.30. The largest absolute Gasteiger partial charge is 0.491 e. The molecule has 0 spiro atoms. The second-order valence-corrected chi connectivity index (χ2v) is 5.54. The van der Waals surface area contributed by atoms with Crippen LogP contribution in [0.15, 0.2) is 18.2 Å². The number of nitrogens with one attached hydrogen (secondary N) is 1. The van der Waals surface area contributed by atoms with Crippen LogP contribution in [0.2, 0.25) is 0 Å². The molecule has 0 bridgehead atoms. The minimum absolute atomic E-state index is 0.0432. The van der Waals surface area contributed by atoms with Gasteiger partial charge in [-0.25, -0.2) is 4.98 Å². The van der Waals surface area contributed by atoms with E-state index in [1.54, 1.807) is 0 Å². The summed E-state index contributed by atoms with van der Waals surface area (Å²) in [5.74, 6) is 0.637. The summed E-state index contributed by atoms with van der Waals surface area (Å²) >= 11 is 1.45. The summed E-state index contributed by atoms with van der Waals surface area (Å²) < 4.78 is 5.51. The molecule has 0 saturated heterocycles. The van der Waals surface area contributed by atoms with E-state index < -0.39 is 0 Å². The van der Waals surface area contributed by atoms with E-state index in [0.29, 0.717) is 29.5 Å². The van der Waals surface area contributed by atoms with Crippen molar-refractivity contribution in [2.24, 2.45) is 0 Å². The molecule has 5 nitrogen and oxygen atoms in total. The number of fused-ring (bicyclic) bond motifs is 1. The number of nitrogens with two attached hydrogens (primary N) is 1. The Labute approximate surface area is 114 Å². The predicted molar refractivity (Wildman–Crippen MR) is 75.4 cm³/mol. The third-order valence-corrected chi connectivity index (χ3v) is 3.67. The highest BCUT2D eigenvalue weighted by atomic mass is 32.1. The number of carbonyl (C=O) groups excluding carboxylic acids is 1. The fourth-order valence-corrected chi connectivity index (χ4v) is 2.73. The predicted octanol–water partition coefficient (Wildman–Crippen LogP) is 2.42. The summed E-state index contributed by atoms with van der Waals surface area (Å²) in [5.41, 5.74) is 8.25. The number of nitrogen functional groups attached to an aromatic ring is 1. The van der Waals surface area contributed by atoms with E-state index in [-0.39, 0.29) is 5.91 Å². The molecule has 0 fully saturated rings. The van der Waals surface area contributed by atoms with E-state index in [4.69, 9.17) is 10.5 Å². The molecule has 2 heterocycles. The molecule has 0 aliphatic carbocycles. The lowest BCUT2D eigenvalue weighted by atomic mass is 10.1. The van der Waals surface area contributed by atoms with Crippen molar-refractivity contribution in [3.05, 3.63) is 23.2 Å². The van der Waals surface area contributed by atoms with E-state index in [0.717, 1.165) is 16.3 Å². The van der Waals surface area contributed by atoms with Crippen LogP contribution in [0.25, 0.3) is 11.3 Å². The number of nitrogens with zero attached hydrogens (tertiary/aromatic N) is 1. The topological polar surface area (TPSA) is 77.2 Å². The number of hydrogen-bond donors (Lipinski definition) is 2. The van der Waals surface area contributed by atoms with Crippen LogP contribution in [0, 0.1) is 6.92 Å². The minimum atomic E-state index is -0.0432. The Bertz CT molecular complexity index is 651. The number of aryl methyl sites for hydroxylation is 1. The highest BCUT2D eigenvalue weighted by Crippen LogP contribution is 2.35. The molecule has 0 saturated carbocycles. The molecule has 19 heavy (non-hydrogen) atoms. The van der Waals surface area contributed by atoms with Crippen molar-refractivity contribution in [3.8, 4) is 17.0 Å². The van der Waals surface area contributed by atoms with Crippen LogP contribution in [-0.4, -0.2) is 17.5 Å². The number of carbonyl (C=O) groups is 1. The van der Waals surface area contributed by atoms with Gasteiger partial charge in [-0.1, -0.05) is 0 Å². The summed E-state index contributed by atoms with van der Waals surface area (Å²) in [6.45, 7) is 2.31. The van der Waals surface area contributed by atoms with Crippen molar-refractivity contribution in [2.75, 3.05) is 17.7 Å². The molecular weight excluding hydrogens is 262 g/mol. The van der Waals surface area contributed by atoms with Gasteiger partial charge >= 0.3 is 0 Å². The number of amides is 1. The molecule has 98 valence electrons. The van der Waals surface area contributed by atoms with Gasteiger partial charge in [0.05, 0.1) is 23.7 Å². The summed E-state index contributed by atoms with van der Waals surface area (Å²) in [5, 5.41) is 4.43.